The van der Waals surface area contributed by atoms with Crippen LogP contribution in [0.15, 0.2) is 24.3 Å². The minimum absolute atomic E-state index is 0.134. The van der Waals surface area contributed by atoms with E-state index in [1.807, 2.05) is 0 Å². The zero-order valence-electron chi connectivity index (χ0n) is 10.9. The molecule has 1 aromatic carbocycles. The van der Waals surface area contributed by atoms with E-state index in [-0.39, 0.29) is 5.97 Å². The van der Waals surface area contributed by atoms with Gasteiger partial charge in [0.05, 0.1) is 7.11 Å². The number of esters is 1. The average Bonchev–Trinajstić information content (AvgIpc) is 3.23. The van der Waals surface area contributed by atoms with Gasteiger partial charge in [-0.3, -0.25) is 4.79 Å². The molecule has 1 fully saturated rings. The zero-order valence-corrected chi connectivity index (χ0v) is 10.9. The van der Waals surface area contributed by atoms with Crippen molar-refractivity contribution in [2.75, 3.05) is 13.7 Å². The van der Waals surface area contributed by atoms with Gasteiger partial charge in [-0.1, -0.05) is 24.3 Å². The summed E-state index contributed by atoms with van der Waals surface area (Å²) in [4.78, 5) is 10.9. The lowest BCUT2D eigenvalue weighted by Crippen LogP contribution is -2.16. The van der Waals surface area contributed by atoms with Crippen LogP contribution in [0.5, 0.6) is 0 Å². The highest BCUT2D eigenvalue weighted by Gasteiger charge is 2.22. The smallest absolute Gasteiger partial charge is 0.305 e. The van der Waals surface area contributed by atoms with Crippen LogP contribution in [-0.4, -0.2) is 19.6 Å². The molecule has 0 bridgehead atoms. The number of methoxy groups -OCH3 is 1. The van der Waals surface area contributed by atoms with Crippen LogP contribution in [0.2, 0.25) is 0 Å². The summed E-state index contributed by atoms with van der Waals surface area (Å²) >= 11 is 0. The van der Waals surface area contributed by atoms with E-state index in [0.717, 1.165) is 25.4 Å². The standard InChI is InChI=1S/C15H21NO2/c1-18-15(17)3-2-10-16-11-12-4-6-13(7-5-12)14-8-9-14/h4-7,14,16H,2-3,8-11H2,1H3. The normalized spacial score (nSPS) is 14.5. The Morgan fingerprint density at radius 1 is 1.33 bits per heavy atom. The molecule has 0 unspecified atom stereocenters. The lowest BCUT2D eigenvalue weighted by atomic mass is 10.1. The van der Waals surface area contributed by atoms with E-state index in [4.69, 9.17) is 0 Å². The number of nitrogens with one attached hydrogen (secondary N) is 1. The summed E-state index contributed by atoms with van der Waals surface area (Å²) in [6, 6.07) is 8.87. The average molecular weight is 247 g/mol. The summed E-state index contributed by atoms with van der Waals surface area (Å²) in [5.74, 6) is 0.692. The first-order chi connectivity index (χ1) is 8.79. The molecule has 1 saturated carbocycles. The van der Waals surface area contributed by atoms with Crippen molar-refractivity contribution in [3.8, 4) is 0 Å². The second-order valence-electron chi connectivity index (χ2n) is 4.87. The Bertz CT molecular complexity index is 382. The molecule has 0 spiro atoms. The van der Waals surface area contributed by atoms with Crippen molar-refractivity contribution in [3.05, 3.63) is 35.4 Å². The van der Waals surface area contributed by atoms with E-state index in [1.54, 1.807) is 0 Å². The molecule has 0 heterocycles. The molecule has 18 heavy (non-hydrogen) atoms. The first kappa shape index (κ1) is 13.1. The topological polar surface area (TPSA) is 38.3 Å². The molecule has 1 aromatic rings. The Labute approximate surface area is 109 Å². The number of carbonyl (C=O) groups is 1. The molecule has 0 radical (unpaired) electrons. The van der Waals surface area contributed by atoms with Crippen molar-refractivity contribution >= 4 is 5.97 Å². The van der Waals surface area contributed by atoms with Gasteiger partial charge in [0.15, 0.2) is 0 Å². The molecule has 0 aliphatic heterocycles. The predicted molar refractivity (Wildman–Crippen MR) is 71.4 cm³/mol. The summed E-state index contributed by atoms with van der Waals surface area (Å²) in [5.41, 5.74) is 2.78. The Morgan fingerprint density at radius 3 is 2.67 bits per heavy atom. The number of hydrogen-bond donors (Lipinski definition) is 1. The van der Waals surface area contributed by atoms with Crippen LogP contribution in [0, 0.1) is 0 Å². The molecule has 0 atom stereocenters. The maximum Gasteiger partial charge on any atom is 0.305 e. The van der Waals surface area contributed by atoms with E-state index >= 15 is 0 Å². The number of rotatable bonds is 7. The molecule has 3 heteroatoms. The van der Waals surface area contributed by atoms with Crippen molar-refractivity contribution in [3.63, 3.8) is 0 Å². The van der Waals surface area contributed by atoms with Crippen LogP contribution in [0.1, 0.15) is 42.7 Å². The molecule has 0 amide bonds. The molecule has 98 valence electrons. The van der Waals surface area contributed by atoms with Crippen LogP contribution in [0.25, 0.3) is 0 Å². The van der Waals surface area contributed by atoms with Crippen LogP contribution in [0.3, 0.4) is 0 Å². The van der Waals surface area contributed by atoms with Crippen molar-refractivity contribution in [1.82, 2.24) is 5.32 Å². The maximum absolute atomic E-state index is 10.9. The number of benzene rings is 1. The second-order valence-corrected chi connectivity index (χ2v) is 4.87. The van der Waals surface area contributed by atoms with Crippen LogP contribution < -0.4 is 5.32 Å². The van der Waals surface area contributed by atoms with Gasteiger partial charge in [-0.05, 0) is 42.9 Å². The highest BCUT2D eigenvalue weighted by Crippen LogP contribution is 2.39. The molecule has 3 nitrogen and oxygen atoms in total. The third kappa shape index (κ3) is 4.15. The largest absolute Gasteiger partial charge is 0.469 e. The van der Waals surface area contributed by atoms with Gasteiger partial charge < -0.3 is 10.1 Å². The monoisotopic (exact) mass is 247 g/mol. The van der Waals surface area contributed by atoms with Gasteiger partial charge in [-0.2, -0.15) is 0 Å². The van der Waals surface area contributed by atoms with Crippen molar-refractivity contribution in [1.29, 1.82) is 0 Å². The van der Waals surface area contributed by atoms with Crippen LogP contribution in [-0.2, 0) is 16.1 Å². The van der Waals surface area contributed by atoms with Gasteiger partial charge in [-0.25, -0.2) is 0 Å². The zero-order chi connectivity index (χ0) is 12.8. The Morgan fingerprint density at radius 2 is 2.06 bits per heavy atom. The summed E-state index contributed by atoms with van der Waals surface area (Å²) in [5, 5.41) is 3.34. The minimum atomic E-state index is -0.134. The molecule has 1 N–H and O–H groups in total. The first-order valence-corrected chi connectivity index (χ1v) is 6.66. The van der Waals surface area contributed by atoms with Crippen LogP contribution in [0.4, 0.5) is 0 Å². The van der Waals surface area contributed by atoms with Gasteiger partial charge >= 0.3 is 5.97 Å². The van der Waals surface area contributed by atoms with Gasteiger partial charge in [0.1, 0.15) is 0 Å². The Hall–Kier alpha value is -1.35. The lowest BCUT2D eigenvalue weighted by Gasteiger charge is -2.05. The van der Waals surface area contributed by atoms with Crippen molar-refractivity contribution in [2.24, 2.45) is 0 Å². The molecule has 1 aliphatic rings. The van der Waals surface area contributed by atoms with Crippen molar-refractivity contribution < 1.29 is 9.53 Å². The minimum Gasteiger partial charge on any atom is -0.469 e. The molecule has 1 aliphatic carbocycles. The molecular weight excluding hydrogens is 226 g/mol. The summed E-state index contributed by atoms with van der Waals surface area (Å²) < 4.78 is 4.59. The maximum atomic E-state index is 10.9. The molecule has 2 rings (SSSR count). The van der Waals surface area contributed by atoms with Gasteiger partial charge in [-0.15, -0.1) is 0 Å². The molecule has 0 aromatic heterocycles. The highest BCUT2D eigenvalue weighted by atomic mass is 16.5. The van der Waals surface area contributed by atoms with E-state index in [0.29, 0.717) is 6.42 Å². The third-order valence-corrected chi connectivity index (χ3v) is 3.32. The summed E-state index contributed by atoms with van der Waals surface area (Å²) in [6.07, 6.45) is 4.02. The summed E-state index contributed by atoms with van der Waals surface area (Å²) in [6.45, 7) is 1.71. The fraction of sp³-hybridized carbons (Fsp3) is 0.533. The third-order valence-electron chi connectivity index (χ3n) is 3.32. The lowest BCUT2D eigenvalue weighted by molar-refractivity contribution is -0.140. The fourth-order valence-corrected chi connectivity index (χ4v) is 2.02. The SMILES string of the molecule is COC(=O)CCCNCc1ccc(C2CC2)cc1. The first-order valence-electron chi connectivity index (χ1n) is 6.66. The van der Waals surface area contributed by atoms with Gasteiger partial charge in [0.25, 0.3) is 0 Å². The second kappa shape index (κ2) is 6.55. The number of hydrogen-bond acceptors (Lipinski definition) is 3. The van der Waals surface area contributed by atoms with E-state index < -0.39 is 0 Å². The van der Waals surface area contributed by atoms with E-state index in [9.17, 15) is 4.79 Å². The van der Waals surface area contributed by atoms with E-state index in [1.165, 1.54) is 31.1 Å². The summed E-state index contributed by atoms with van der Waals surface area (Å²) in [7, 11) is 1.43. The predicted octanol–water partition coefficient (Wildman–Crippen LogP) is 2.61. The van der Waals surface area contributed by atoms with Crippen LogP contribution >= 0.6 is 0 Å². The quantitative estimate of drug-likeness (QED) is 0.594. The number of carbonyl (C=O) groups excluding carboxylic acids is 1. The van der Waals surface area contributed by atoms with E-state index in [2.05, 4.69) is 34.3 Å². The van der Waals surface area contributed by atoms with Gasteiger partial charge in [0.2, 0.25) is 0 Å². The molecular formula is C15H21NO2. The van der Waals surface area contributed by atoms with Crippen molar-refractivity contribution in [2.45, 2.75) is 38.1 Å². The van der Waals surface area contributed by atoms with Gasteiger partial charge in [0, 0.05) is 13.0 Å². The highest BCUT2D eigenvalue weighted by molar-refractivity contribution is 5.69. The number of ether oxygens (including phenoxy) is 1. The molecule has 0 saturated heterocycles. The fourth-order valence-electron chi connectivity index (χ4n) is 2.02. The Balaban J connectivity index is 1.62. The Kier molecular flexibility index (Phi) is 4.76.